The molecule has 0 fully saturated rings. The summed E-state index contributed by atoms with van der Waals surface area (Å²) < 4.78 is 11.8. The van der Waals surface area contributed by atoms with E-state index in [1.165, 1.54) is 6.26 Å². The van der Waals surface area contributed by atoms with Gasteiger partial charge in [-0.25, -0.2) is 9.97 Å². The maximum absolute atomic E-state index is 6.07. The summed E-state index contributed by atoms with van der Waals surface area (Å²) in [6.45, 7) is 2.35. The van der Waals surface area contributed by atoms with E-state index in [0.29, 0.717) is 34.4 Å². The van der Waals surface area contributed by atoms with Crippen molar-refractivity contribution in [1.82, 2.24) is 9.97 Å². The summed E-state index contributed by atoms with van der Waals surface area (Å²) in [6, 6.07) is 1.71. The van der Waals surface area contributed by atoms with E-state index in [1.807, 2.05) is 19.1 Å². The monoisotopic (exact) mass is 367 g/mol. The van der Waals surface area contributed by atoms with Crippen molar-refractivity contribution in [2.24, 2.45) is 0 Å². The number of nitrogens with one attached hydrogen (secondary N) is 1. The third kappa shape index (κ3) is 2.82. The Morgan fingerprint density at radius 3 is 3.05 bits per heavy atom. The number of allylic oxidation sites excluding steroid dienone is 1. The van der Waals surface area contributed by atoms with Gasteiger partial charge in [-0.3, -0.25) is 0 Å². The Kier molecular flexibility index (Phi) is 3.98. The van der Waals surface area contributed by atoms with Gasteiger partial charge in [-0.05, 0) is 28.9 Å². The normalized spacial score (nSPS) is 11.6. The van der Waals surface area contributed by atoms with Crippen molar-refractivity contribution in [3.63, 3.8) is 0 Å². The second-order valence-corrected chi connectivity index (χ2v) is 5.41. The molecule has 0 aliphatic carbocycles. The number of aromatic nitrogens is 2. The summed E-state index contributed by atoms with van der Waals surface area (Å²) >= 11 is 9.56. The van der Waals surface area contributed by atoms with Gasteiger partial charge in [-0.15, -0.1) is 0 Å². The summed E-state index contributed by atoms with van der Waals surface area (Å²) in [4.78, 5) is 8.35. The van der Waals surface area contributed by atoms with E-state index < -0.39 is 0 Å². The van der Waals surface area contributed by atoms with E-state index in [4.69, 9.17) is 20.4 Å². The zero-order chi connectivity index (χ0) is 14.8. The van der Waals surface area contributed by atoms with E-state index >= 15 is 0 Å². The van der Waals surface area contributed by atoms with E-state index in [0.717, 1.165) is 10.2 Å². The molecule has 3 aromatic rings. The molecular formula is C14H11BrClN3O2. The molecule has 0 saturated heterocycles. The van der Waals surface area contributed by atoms with Crippen molar-refractivity contribution in [3.05, 3.63) is 45.9 Å². The summed E-state index contributed by atoms with van der Waals surface area (Å²) in [7, 11) is 0. The first-order valence-corrected chi connectivity index (χ1v) is 7.39. The van der Waals surface area contributed by atoms with Crippen LogP contribution in [0.5, 0.6) is 0 Å². The summed E-state index contributed by atoms with van der Waals surface area (Å²) in [5.41, 5.74) is 2.04. The summed E-state index contributed by atoms with van der Waals surface area (Å²) in [5.74, 6) is 1.27. The van der Waals surface area contributed by atoms with E-state index in [2.05, 4.69) is 31.2 Å². The molecule has 3 heterocycles. The van der Waals surface area contributed by atoms with Crippen LogP contribution in [0, 0.1) is 0 Å². The predicted octanol–water partition coefficient (Wildman–Crippen LogP) is 4.88. The van der Waals surface area contributed by atoms with Crippen LogP contribution in [0.1, 0.15) is 18.6 Å². The maximum atomic E-state index is 6.07. The van der Waals surface area contributed by atoms with Crippen LogP contribution in [0.4, 0.5) is 5.69 Å². The minimum atomic E-state index is 0.380. The summed E-state index contributed by atoms with van der Waals surface area (Å²) in [5, 5.41) is 3.57. The second-order valence-electron chi connectivity index (χ2n) is 4.23. The largest absolute Gasteiger partial charge is 0.452 e. The number of hydrogen-bond donors (Lipinski definition) is 1. The average molecular weight is 369 g/mol. The lowest BCUT2D eigenvalue weighted by molar-refractivity contribution is 0.503. The minimum Gasteiger partial charge on any atom is -0.452 e. The minimum absolute atomic E-state index is 0.380. The van der Waals surface area contributed by atoms with Gasteiger partial charge in [0.15, 0.2) is 5.58 Å². The van der Waals surface area contributed by atoms with Gasteiger partial charge in [0.25, 0.3) is 0 Å². The molecule has 0 aliphatic heterocycles. The average Bonchev–Trinajstić information content (AvgIpc) is 3.07. The number of rotatable bonds is 4. The van der Waals surface area contributed by atoms with Crippen LogP contribution < -0.4 is 5.32 Å². The number of furan rings is 1. The van der Waals surface area contributed by atoms with Gasteiger partial charge in [0.05, 0.1) is 22.9 Å². The molecule has 0 unspecified atom stereocenters. The highest BCUT2D eigenvalue weighted by Gasteiger charge is 2.16. The van der Waals surface area contributed by atoms with Crippen LogP contribution in [0.3, 0.4) is 0 Å². The molecule has 3 aromatic heterocycles. The molecule has 1 N–H and O–H groups in total. The number of oxazole rings is 1. The lowest BCUT2D eigenvalue weighted by Gasteiger charge is -2.04. The molecule has 0 radical (unpaired) electrons. The standard InChI is InChI=1S/C14H11BrClN3O2/c1-2-3-9-12(15)13-14(21-9)8(6-10(16)19-13)18-7-11-17-4-5-20-11/h2-6H,7H2,1H3,(H,18,19)/b3-2-. The third-order valence-electron chi connectivity index (χ3n) is 2.81. The lowest BCUT2D eigenvalue weighted by atomic mass is 10.3. The predicted molar refractivity (Wildman–Crippen MR) is 85.3 cm³/mol. The quantitative estimate of drug-likeness (QED) is 0.665. The SMILES string of the molecule is C/C=C\c1oc2c(NCc3ncco3)cc(Cl)nc2c1Br. The molecular weight excluding hydrogens is 358 g/mol. The maximum Gasteiger partial charge on any atom is 0.213 e. The van der Waals surface area contributed by atoms with Crippen LogP contribution in [-0.4, -0.2) is 9.97 Å². The van der Waals surface area contributed by atoms with Crippen molar-refractivity contribution in [2.75, 3.05) is 5.32 Å². The van der Waals surface area contributed by atoms with Crippen molar-refractivity contribution < 1.29 is 8.83 Å². The van der Waals surface area contributed by atoms with Crippen molar-refractivity contribution >= 4 is 50.4 Å². The van der Waals surface area contributed by atoms with Crippen LogP contribution in [0.2, 0.25) is 5.15 Å². The Balaban J connectivity index is 2.02. The number of halogens is 2. The second kappa shape index (κ2) is 5.91. The smallest absolute Gasteiger partial charge is 0.213 e. The Hall–Kier alpha value is -1.79. The lowest BCUT2D eigenvalue weighted by Crippen LogP contribution is -2.00. The number of anilines is 1. The van der Waals surface area contributed by atoms with Crippen LogP contribution in [0.15, 0.2) is 37.9 Å². The molecule has 3 rings (SSSR count). The number of nitrogens with zero attached hydrogens (tertiary/aromatic N) is 2. The van der Waals surface area contributed by atoms with Crippen LogP contribution >= 0.6 is 27.5 Å². The Morgan fingerprint density at radius 2 is 2.33 bits per heavy atom. The van der Waals surface area contributed by atoms with Gasteiger partial charge in [0.1, 0.15) is 22.7 Å². The van der Waals surface area contributed by atoms with Gasteiger partial charge in [-0.2, -0.15) is 0 Å². The Morgan fingerprint density at radius 1 is 1.48 bits per heavy atom. The van der Waals surface area contributed by atoms with Gasteiger partial charge in [-0.1, -0.05) is 17.7 Å². The van der Waals surface area contributed by atoms with Crippen LogP contribution in [0.25, 0.3) is 17.2 Å². The van der Waals surface area contributed by atoms with Crippen molar-refractivity contribution in [2.45, 2.75) is 13.5 Å². The molecule has 0 bridgehead atoms. The zero-order valence-corrected chi connectivity index (χ0v) is 13.4. The molecule has 0 atom stereocenters. The van der Waals surface area contributed by atoms with Crippen molar-refractivity contribution in [1.29, 1.82) is 0 Å². The molecule has 21 heavy (non-hydrogen) atoms. The first-order chi connectivity index (χ1) is 10.2. The van der Waals surface area contributed by atoms with Gasteiger partial charge >= 0.3 is 0 Å². The van der Waals surface area contributed by atoms with Gasteiger partial charge in [0.2, 0.25) is 5.89 Å². The van der Waals surface area contributed by atoms with Gasteiger partial charge in [0, 0.05) is 6.07 Å². The highest BCUT2D eigenvalue weighted by Crippen LogP contribution is 2.36. The molecule has 0 saturated carbocycles. The Labute approximate surface area is 134 Å². The fourth-order valence-corrected chi connectivity index (χ4v) is 2.60. The van der Waals surface area contributed by atoms with E-state index in [-0.39, 0.29) is 0 Å². The summed E-state index contributed by atoms with van der Waals surface area (Å²) in [6.07, 6.45) is 6.88. The van der Waals surface area contributed by atoms with E-state index in [9.17, 15) is 0 Å². The molecule has 0 spiro atoms. The van der Waals surface area contributed by atoms with E-state index in [1.54, 1.807) is 12.3 Å². The highest BCUT2D eigenvalue weighted by molar-refractivity contribution is 9.10. The third-order valence-corrected chi connectivity index (χ3v) is 3.77. The molecule has 0 aliphatic rings. The van der Waals surface area contributed by atoms with Crippen LogP contribution in [-0.2, 0) is 6.54 Å². The fourth-order valence-electron chi connectivity index (χ4n) is 1.93. The molecule has 0 amide bonds. The number of fused-ring (bicyclic) bond motifs is 1. The molecule has 0 aromatic carbocycles. The Bertz CT molecular complexity index is 796. The highest BCUT2D eigenvalue weighted by atomic mass is 79.9. The molecule has 5 nitrogen and oxygen atoms in total. The van der Waals surface area contributed by atoms with Gasteiger partial charge < -0.3 is 14.2 Å². The number of hydrogen-bond acceptors (Lipinski definition) is 5. The first kappa shape index (κ1) is 14.2. The molecule has 7 heteroatoms. The van der Waals surface area contributed by atoms with Crippen molar-refractivity contribution in [3.8, 4) is 0 Å². The zero-order valence-electron chi connectivity index (χ0n) is 11.1. The number of pyridine rings is 1. The topological polar surface area (TPSA) is 64.1 Å². The first-order valence-electron chi connectivity index (χ1n) is 6.22. The fraction of sp³-hybridized carbons (Fsp3) is 0.143. The molecule has 108 valence electrons.